The second kappa shape index (κ2) is 9.74. The largest absolute Gasteiger partial charge is 0.497 e. The van der Waals surface area contributed by atoms with E-state index in [1.807, 2.05) is 30.3 Å². The molecule has 0 heterocycles. The lowest BCUT2D eigenvalue weighted by atomic mass is 10.2. The lowest BCUT2D eigenvalue weighted by Gasteiger charge is -2.10. The summed E-state index contributed by atoms with van der Waals surface area (Å²) in [6.07, 6.45) is 1.02. The van der Waals surface area contributed by atoms with E-state index in [4.69, 9.17) is 9.47 Å². The zero-order valence-corrected chi connectivity index (χ0v) is 14.0. The quantitative estimate of drug-likeness (QED) is 0.656. The standard InChI is InChI=1S/C19H26N2O2/c1-3-13-23-19-6-4-5-17(14-19)21-12-11-20-15-16-7-9-18(22-2)10-8-16/h4-10,14,20-21H,3,11-13,15H2,1-2H3. The van der Waals surface area contributed by atoms with E-state index in [2.05, 4.69) is 35.8 Å². The van der Waals surface area contributed by atoms with Crippen LogP contribution in [0.1, 0.15) is 18.9 Å². The number of benzene rings is 2. The van der Waals surface area contributed by atoms with Gasteiger partial charge >= 0.3 is 0 Å². The van der Waals surface area contributed by atoms with Gasteiger partial charge in [-0.2, -0.15) is 0 Å². The molecule has 0 aliphatic carbocycles. The summed E-state index contributed by atoms with van der Waals surface area (Å²) >= 11 is 0. The summed E-state index contributed by atoms with van der Waals surface area (Å²) in [5.74, 6) is 1.81. The zero-order chi connectivity index (χ0) is 16.3. The van der Waals surface area contributed by atoms with Crippen LogP contribution in [0, 0.1) is 0 Å². The van der Waals surface area contributed by atoms with Crippen LogP contribution in [0.3, 0.4) is 0 Å². The molecule has 0 saturated carbocycles. The van der Waals surface area contributed by atoms with Gasteiger partial charge in [0, 0.05) is 31.4 Å². The first-order valence-corrected chi connectivity index (χ1v) is 8.12. The summed E-state index contributed by atoms with van der Waals surface area (Å²) in [6.45, 7) is 5.48. The van der Waals surface area contributed by atoms with E-state index in [0.29, 0.717) is 0 Å². The average Bonchev–Trinajstić information content (AvgIpc) is 2.60. The summed E-state index contributed by atoms with van der Waals surface area (Å²) in [7, 11) is 1.68. The van der Waals surface area contributed by atoms with Gasteiger partial charge in [0.25, 0.3) is 0 Å². The summed E-state index contributed by atoms with van der Waals surface area (Å²) < 4.78 is 10.8. The zero-order valence-electron chi connectivity index (χ0n) is 14.0. The molecule has 2 rings (SSSR count). The van der Waals surface area contributed by atoms with Gasteiger partial charge in [0.15, 0.2) is 0 Å². The van der Waals surface area contributed by atoms with Crippen molar-refractivity contribution in [3.63, 3.8) is 0 Å². The van der Waals surface area contributed by atoms with Crippen LogP contribution in [-0.2, 0) is 6.54 Å². The highest BCUT2D eigenvalue weighted by atomic mass is 16.5. The lowest BCUT2D eigenvalue weighted by Crippen LogP contribution is -2.21. The molecular weight excluding hydrogens is 288 g/mol. The molecule has 0 atom stereocenters. The molecule has 0 aliphatic heterocycles. The van der Waals surface area contributed by atoms with Crippen molar-refractivity contribution in [2.24, 2.45) is 0 Å². The SMILES string of the molecule is CCCOc1cccc(NCCNCc2ccc(OC)cc2)c1. The molecule has 0 fully saturated rings. The van der Waals surface area contributed by atoms with Crippen LogP contribution in [0.15, 0.2) is 48.5 Å². The summed E-state index contributed by atoms with van der Waals surface area (Å²) in [6, 6.07) is 16.2. The molecule has 2 aromatic carbocycles. The van der Waals surface area contributed by atoms with Crippen LogP contribution in [-0.4, -0.2) is 26.8 Å². The van der Waals surface area contributed by atoms with Crippen LogP contribution in [0.25, 0.3) is 0 Å². The number of nitrogens with one attached hydrogen (secondary N) is 2. The predicted molar refractivity (Wildman–Crippen MR) is 95.4 cm³/mol. The fourth-order valence-electron chi connectivity index (χ4n) is 2.19. The Kier molecular flexibility index (Phi) is 7.27. The number of anilines is 1. The monoisotopic (exact) mass is 314 g/mol. The van der Waals surface area contributed by atoms with Gasteiger partial charge in [0.05, 0.1) is 13.7 Å². The van der Waals surface area contributed by atoms with Crippen molar-refractivity contribution >= 4 is 5.69 Å². The summed E-state index contributed by atoms with van der Waals surface area (Å²) in [5, 5.41) is 6.83. The van der Waals surface area contributed by atoms with Crippen molar-refractivity contribution in [3.05, 3.63) is 54.1 Å². The molecule has 2 N–H and O–H groups in total. The molecule has 124 valence electrons. The molecule has 0 aromatic heterocycles. The van der Waals surface area contributed by atoms with Crippen LogP contribution in [0.2, 0.25) is 0 Å². The van der Waals surface area contributed by atoms with E-state index in [9.17, 15) is 0 Å². The number of rotatable bonds is 10. The molecule has 4 nitrogen and oxygen atoms in total. The highest BCUT2D eigenvalue weighted by Gasteiger charge is 1.97. The van der Waals surface area contributed by atoms with Crippen molar-refractivity contribution in [2.75, 3.05) is 32.1 Å². The van der Waals surface area contributed by atoms with E-state index in [1.165, 1.54) is 5.56 Å². The molecular formula is C19H26N2O2. The first-order chi connectivity index (χ1) is 11.3. The van der Waals surface area contributed by atoms with Crippen LogP contribution in [0.5, 0.6) is 11.5 Å². The molecule has 4 heteroatoms. The third-order valence-electron chi connectivity index (χ3n) is 3.43. The molecule has 0 spiro atoms. The maximum absolute atomic E-state index is 5.63. The van der Waals surface area contributed by atoms with E-state index < -0.39 is 0 Å². The second-order valence-corrected chi connectivity index (χ2v) is 5.33. The van der Waals surface area contributed by atoms with Crippen LogP contribution < -0.4 is 20.1 Å². The van der Waals surface area contributed by atoms with E-state index in [1.54, 1.807) is 7.11 Å². The highest BCUT2D eigenvalue weighted by molar-refractivity contribution is 5.48. The van der Waals surface area contributed by atoms with Gasteiger partial charge in [-0.3, -0.25) is 0 Å². The van der Waals surface area contributed by atoms with Gasteiger partial charge in [0.2, 0.25) is 0 Å². The van der Waals surface area contributed by atoms with Crippen molar-refractivity contribution in [2.45, 2.75) is 19.9 Å². The Morgan fingerprint density at radius 1 is 0.957 bits per heavy atom. The fourth-order valence-corrected chi connectivity index (χ4v) is 2.19. The number of methoxy groups -OCH3 is 1. The normalized spacial score (nSPS) is 10.3. The third-order valence-corrected chi connectivity index (χ3v) is 3.43. The minimum absolute atomic E-state index is 0.757. The molecule has 0 unspecified atom stereocenters. The van der Waals surface area contributed by atoms with E-state index >= 15 is 0 Å². The van der Waals surface area contributed by atoms with E-state index in [-0.39, 0.29) is 0 Å². The number of hydrogen-bond acceptors (Lipinski definition) is 4. The lowest BCUT2D eigenvalue weighted by molar-refractivity contribution is 0.317. The number of hydrogen-bond donors (Lipinski definition) is 2. The molecule has 0 bridgehead atoms. The first kappa shape index (κ1) is 17.2. The molecule has 23 heavy (non-hydrogen) atoms. The van der Waals surface area contributed by atoms with Gasteiger partial charge in [-0.25, -0.2) is 0 Å². The first-order valence-electron chi connectivity index (χ1n) is 8.12. The van der Waals surface area contributed by atoms with Gasteiger partial charge in [-0.1, -0.05) is 25.1 Å². The second-order valence-electron chi connectivity index (χ2n) is 5.33. The van der Waals surface area contributed by atoms with Crippen molar-refractivity contribution in [3.8, 4) is 11.5 Å². The van der Waals surface area contributed by atoms with Gasteiger partial charge < -0.3 is 20.1 Å². The minimum atomic E-state index is 0.757. The Balaban J connectivity index is 1.66. The highest BCUT2D eigenvalue weighted by Crippen LogP contribution is 2.17. The Hall–Kier alpha value is -2.20. The number of ether oxygens (including phenoxy) is 2. The van der Waals surface area contributed by atoms with Crippen LogP contribution >= 0.6 is 0 Å². The Bertz CT molecular complexity index is 570. The maximum atomic E-state index is 5.63. The third kappa shape index (κ3) is 6.20. The molecule has 0 amide bonds. The summed E-state index contributed by atoms with van der Waals surface area (Å²) in [4.78, 5) is 0. The Morgan fingerprint density at radius 3 is 2.52 bits per heavy atom. The summed E-state index contributed by atoms with van der Waals surface area (Å²) in [5.41, 5.74) is 2.34. The van der Waals surface area contributed by atoms with Gasteiger partial charge in [-0.05, 0) is 36.2 Å². The Labute approximate surface area is 138 Å². The maximum Gasteiger partial charge on any atom is 0.121 e. The molecule has 0 radical (unpaired) electrons. The van der Waals surface area contributed by atoms with Crippen molar-refractivity contribution < 1.29 is 9.47 Å². The minimum Gasteiger partial charge on any atom is -0.497 e. The van der Waals surface area contributed by atoms with Gasteiger partial charge in [0.1, 0.15) is 11.5 Å². The van der Waals surface area contributed by atoms with Crippen molar-refractivity contribution in [1.82, 2.24) is 5.32 Å². The van der Waals surface area contributed by atoms with E-state index in [0.717, 1.165) is 49.8 Å². The molecule has 0 saturated heterocycles. The van der Waals surface area contributed by atoms with Crippen LogP contribution in [0.4, 0.5) is 5.69 Å². The Morgan fingerprint density at radius 2 is 1.78 bits per heavy atom. The average molecular weight is 314 g/mol. The van der Waals surface area contributed by atoms with Crippen molar-refractivity contribution in [1.29, 1.82) is 0 Å². The topological polar surface area (TPSA) is 42.5 Å². The smallest absolute Gasteiger partial charge is 0.121 e. The van der Waals surface area contributed by atoms with Gasteiger partial charge in [-0.15, -0.1) is 0 Å². The predicted octanol–water partition coefficient (Wildman–Crippen LogP) is 3.69. The molecule has 0 aliphatic rings. The fraction of sp³-hybridized carbons (Fsp3) is 0.368. The molecule has 2 aromatic rings.